The molecular formula is C13H7Cl2F5N4OS. The van der Waals surface area contributed by atoms with E-state index in [1.165, 1.54) is 6.07 Å². The Balaban J connectivity index is 2.72. The topological polar surface area (TPSA) is 90.7 Å². The summed E-state index contributed by atoms with van der Waals surface area (Å²) >= 11 is 8.17. The van der Waals surface area contributed by atoms with Crippen molar-refractivity contribution in [2.24, 2.45) is 0 Å². The highest BCUT2D eigenvalue weighted by molar-refractivity contribution is 7.92. The molecule has 0 bridgehead atoms. The van der Waals surface area contributed by atoms with E-state index >= 15 is 0 Å². The zero-order valence-electron chi connectivity index (χ0n) is 12.5. The number of nitrogens with two attached hydrogens (primary N) is 1. The minimum Gasteiger partial charge on any atom is -0.604 e. The number of nitrogen functional groups attached to an aromatic ring is 1. The number of alkyl halides is 5. The Labute approximate surface area is 156 Å². The van der Waals surface area contributed by atoms with Gasteiger partial charge in [-0.05, 0) is 12.1 Å². The lowest BCUT2D eigenvalue weighted by Crippen LogP contribution is -2.24. The van der Waals surface area contributed by atoms with Crippen molar-refractivity contribution in [3.8, 4) is 11.8 Å². The summed E-state index contributed by atoms with van der Waals surface area (Å²) in [6.07, 6.45) is 0. The second-order valence-corrected chi connectivity index (χ2v) is 7.20. The lowest BCUT2D eigenvalue weighted by atomic mass is 10.1. The van der Waals surface area contributed by atoms with Crippen LogP contribution in [0, 0.1) is 11.3 Å². The summed E-state index contributed by atoms with van der Waals surface area (Å²) in [6.45, 7) is 0.593. The van der Waals surface area contributed by atoms with Crippen molar-refractivity contribution in [1.82, 2.24) is 9.78 Å². The zero-order chi connectivity index (χ0) is 20.0. The molecule has 0 aliphatic carbocycles. The first-order chi connectivity index (χ1) is 11.8. The Kier molecular flexibility index (Phi) is 5.36. The molecule has 1 atom stereocenters. The fourth-order valence-electron chi connectivity index (χ4n) is 1.98. The summed E-state index contributed by atoms with van der Waals surface area (Å²) < 4.78 is 77.2. The number of anilines is 1. The molecular weight excluding hydrogens is 426 g/mol. The fraction of sp³-hybridized carbons (Fsp3) is 0.231. The van der Waals surface area contributed by atoms with Crippen LogP contribution in [-0.4, -0.2) is 19.8 Å². The van der Waals surface area contributed by atoms with Crippen LogP contribution < -0.4 is 5.73 Å². The number of hydrogen-bond acceptors (Lipinski definition) is 4. The quantitative estimate of drug-likeness (QED) is 0.575. The van der Waals surface area contributed by atoms with Gasteiger partial charge in [-0.3, -0.25) is 0 Å². The summed E-state index contributed by atoms with van der Waals surface area (Å²) in [5.74, 6) is -4.10. The maximum Gasteiger partial charge on any atom is 0.578 e. The molecule has 13 heteroatoms. The van der Waals surface area contributed by atoms with Crippen molar-refractivity contribution in [2.45, 2.75) is 23.3 Å². The summed E-state index contributed by atoms with van der Waals surface area (Å²) in [6, 6.07) is 3.00. The number of nitriles is 1. The minimum absolute atomic E-state index is 0.333. The van der Waals surface area contributed by atoms with E-state index in [-0.39, 0.29) is 5.69 Å². The molecule has 0 radical (unpaired) electrons. The predicted octanol–water partition coefficient (Wildman–Crippen LogP) is 4.37. The molecule has 26 heavy (non-hydrogen) atoms. The molecule has 0 saturated carbocycles. The van der Waals surface area contributed by atoms with Crippen LogP contribution in [0.4, 0.5) is 27.8 Å². The maximum atomic E-state index is 13.4. The van der Waals surface area contributed by atoms with Gasteiger partial charge in [0.05, 0.1) is 10.0 Å². The Hall–Kier alpha value is -1.74. The fourth-order valence-corrected chi connectivity index (χ4v) is 3.40. The van der Waals surface area contributed by atoms with Crippen molar-refractivity contribution < 1.29 is 26.5 Å². The molecule has 2 aromatic rings. The summed E-state index contributed by atoms with van der Waals surface area (Å²) in [7, 11) is 0. The molecule has 1 aromatic carbocycles. The Bertz CT molecular complexity index is 881. The van der Waals surface area contributed by atoms with Crippen LogP contribution in [0.2, 0.25) is 10.0 Å². The number of aromatic nitrogens is 2. The number of hydrogen-bond donors (Lipinski definition) is 1. The van der Waals surface area contributed by atoms with Gasteiger partial charge in [-0.25, -0.2) is 13.5 Å². The van der Waals surface area contributed by atoms with Gasteiger partial charge in [0, 0.05) is 12.5 Å². The first kappa shape index (κ1) is 20.6. The van der Waals surface area contributed by atoms with Gasteiger partial charge in [0.15, 0.2) is 5.82 Å². The minimum atomic E-state index is -5.20. The van der Waals surface area contributed by atoms with Gasteiger partial charge in [-0.2, -0.15) is 5.26 Å². The average molecular weight is 433 g/mol. The lowest BCUT2D eigenvalue weighted by Gasteiger charge is -2.15. The zero-order valence-corrected chi connectivity index (χ0v) is 14.9. The summed E-state index contributed by atoms with van der Waals surface area (Å²) in [5.41, 5.74) is -1.39. The molecule has 2 rings (SSSR count). The second-order valence-electron chi connectivity index (χ2n) is 4.98. The molecule has 1 heterocycles. The first-order valence-corrected chi connectivity index (χ1v) is 8.34. The number of nitrogens with zero attached hydrogens (tertiary/aromatic N) is 3. The molecule has 2 N–H and O–H groups in total. The third-order valence-corrected chi connectivity index (χ3v) is 4.88. The Morgan fingerprint density at radius 1 is 1.23 bits per heavy atom. The summed E-state index contributed by atoms with van der Waals surface area (Å²) in [4.78, 5) is -1.07. The molecule has 1 unspecified atom stereocenters. The molecule has 5 nitrogen and oxygen atoms in total. The van der Waals surface area contributed by atoms with Crippen LogP contribution >= 0.6 is 23.2 Å². The van der Waals surface area contributed by atoms with Gasteiger partial charge >= 0.3 is 5.51 Å². The van der Waals surface area contributed by atoms with Gasteiger partial charge in [-0.15, -0.1) is 18.3 Å². The highest BCUT2D eigenvalue weighted by Gasteiger charge is 2.50. The van der Waals surface area contributed by atoms with Crippen LogP contribution in [0.15, 0.2) is 17.0 Å². The van der Waals surface area contributed by atoms with Gasteiger partial charge in [0.2, 0.25) is 10.6 Å². The van der Waals surface area contributed by atoms with E-state index < -0.39 is 54.6 Å². The maximum absolute atomic E-state index is 13.4. The summed E-state index contributed by atoms with van der Waals surface area (Å²) in [5, 5.41) is 11.7. The van der Waals surface area contributed by atoms with Crippen LogP contribution in [0.1, 0.15) is 18.2 Å². The van der Waals surface area contributed by atoms with E-state index in [2.05, 4.69) is 5.10 Å². The van der Waals surface area contributed by atoms with E-state index in [1.54, 1.807) is 0 Å². The van der Waals surface area contributed by atoms with Crippen LogP contribution in [0.25, 0.3) is 5.69 Å². The smallest absolute Gasteiger partial charge is 0.578 e. The molecule has 0 aliphatic heterocycles. The highest BCUT2D eigenvalue weighted by atomic mass is 35.5. The van der Waals surface area contributed by atoms with E-state index in [9.17, 15) is 26.5 Å². The van der Waals surface area contributed by atoms with E-state index in [0.29, 0.717) is 11.6 Å². The molecule has 0 spiro atoms. The molecule has 0 amide bonds. The normalized spacial score (nSPS) is 13.5. The van der Waals surface area contributed by atoms with Crippen LogP contribution in [0.3, 0.4) is 0 Å². The molecule has 0 fully saturated rings. The van der Waals surface area contributed by atoms with Crippen LogP contribution in [0.5, 0.6) is 0 Å². The number of rotatable bonds is 3. The van der Waals surface area contributed by atoms with Gasteiger partial charge in [0.25, 0.3) is 5.92 Å². The van der Waals surface area contributed by atoms with Crippen molar-refractivity contribution in [1.29, 1.82) is 5.26 Å². The molecule has 1 aromatic heterocycles. The first-order valence-electron chi connectivity index (χ1n) is 6.44. The van der Waals surface area contributed by atoms with Crippen molar-refractivity contribution in [3.63, 3.8) is 0 Å². The standard InChI is InChI=1S/C13H7Cl2F5N4OS/c1-12(16,17)5-2-6(14)9(7(15)3-5)24-11(22)10(8(4-21)23-24)26(25)13(18,19)20/h2-3H,22H2,1H3. The second kappa shape index (κ2) is 6.77. The van der Waals surface area contributed by atoms with Crippen molar-refractivity contribution >= 4 is 40.2 Å². The van der Waals surface area contributed by atoms with Crippen molar-refractivity contribution in [2.75, 3.05) is 5.73 Å². The Morgan fingerprint density at radius 2 is 1.73 bits per heavy atom. The third kappa shape index (κ3) is 3.68. The highest BCUT2D eigenvalue weighted by Crippen LogP contribution is 2.40. The molecule has 0 aliphatic rings. The van der Waals surface area contributed by atoms with E-state index in [4.69, 9.17) is 34.2 Å². The predicted molar refractivity (Wildman–Crippen MR) is 84.7 cm³/mol. The van der Waals surface area contributed by atoms with E-state index in [1.807, 2.05) is 0 Å². The van der Waals surface area contributed by atoms with Gasteiger partial charge in [0.1, 0.15) is 22.9 Å². The lowest BCUT2D eigenvalue weighted by molar-refractivity contribution is -0.0435. The SMILES string of the molecule is CC(F)(F)c1cc(Cl)c(-n2nc(C#N)c([S+]([O-])C(F)(F)F)c2N)c(Cl)c1. The number of benzene rings is 1. The number of halogens is 7. The third-order valence-electron chi connectivity index (χ3n) is 3.11. The van der Waals surface area contributed by atoms with Crippen LogP contribution in [-0.2, 0) is 17.1 Å². The van der Waals surface area contributed by atoms with Gasteiger partial charge in [-0.1, -0.05) is 23.2 Å². The van der Waals surface area contributed by atoms with E-state index in [0.717, 1.165) is 12.1 Å². The largest absolute Gasteiger partial charge is 0.604 e. The molecule has 140 valence electrons. The Morgan fingerprint density at radius 3 is 2.12 bits per heavy atom. The average Bonchev–Trinajstić information content (AvgIpc) is 2.80. The van der Waals surface area contributed by atoms with Gasteiger partial charge < -0.3 is 10.3 Å². The van der Waals surface area contributed by atoms with Crippen molar-refractivity contribution in [3.05, 3.63) is 33.4 Å². The monoisotopic (exact) mass is 432 g/mol. The molecule has 0 saturated heterocycles.